The maximum atomic E-state index is 13.9. The summed E-state index contributed by atoms with van der Waals surface area (Å²) in [7, 11) is 1.70. The monoisotopic (exact) mass is 487 g/mol. The zero-order chi connectivity index (χ0) is 23.9. The molecule has 8 nitrogen and oxygen atoms in total. The molecule has 0 saturated carbocycles. The summed E-state index contributed by atoms with van der Waals surface area (Å²) in [5, 5.41) is 4.97. The number of hydrogen-bond acceptors (Lipinski definition) is 5. The summed E-state index contributed by atoms with van der Waals surface area (Å²) in [6.07, 6.45) is 1.84. The quantitative estimate of drug-likeness (QED) is 0.454. The van der Waals surface area contributed by atoms with Crippen molar-refractivity contribution in [1.29, 1.82) is 0 Å². The van der Waals surface area contributed by atoms with Gasteiger partial charge in [0, 0.05) is 54.4 Å². The lowest BCUT2D eigenvalue weighted by Crippen LogP contribution is -2.40. The molecule has 4 aromatic rings. The third kappa shape index (κ3) is 2.81. The van der Waals surface area contributed by atoms with Crippen LogP contribution in [0, 0.1) is 0 Å². The number of nitrogens with one attached hydrogen (secondary N) is 1. The summed E-state index contributed by atoms with van der Waals surface area (Å²) >= 11 is 6.69. The highest BCUT2D eigenvalue weighted by Gasteiger charge is 2.46. The summed E-state index contributed by atoms with van der Waals surface area (Å²) in [5.41, 5.74) is 7.66. The molecular formula is C23H24ClF2N7O. The van der Waals surface area contributed by atoms with Crippen LogP contribution in [-0.2, 0) is 13.6 Å². The second-order valence-electron chi connectivity index (χ2n) is 9.13. The summed E-state index contributed by atoms with van der Waals surface area (Å²) in [4.78, 5) is 23.6. The van der Waals surface area contributed by atoms with Crippen molar-refractivity contribution in [1.82, 2.24) is 24.3 Å². The lowest BCUT2D eigenvalue weighted by molar-refractivity contribution is 0.141. The first-order chi connectivity index (χ1) is 16.3. The summed E-state index contributed by atoms with van der Waals surface area (Å²) < 4.78 is 30.6. The van der Waals surface area contributed by atoms with E-state index >= 15 is 0 Å². The molecule has 2 saturated heterocycles. The van der Waals surface area contributed by atoms with Gasteiger partial charge < -0.3 is 15.6 Å². The first-order valence-electron chi connectivity index (χ1n) is 11.4. The normalized spacial score (nSPS) is 22.2. The molecule has 2 fully saturated rings. The number of aryl methyl sites for hydroxylation is 1. The fourth-order valence-electron chi connectivity index (χ4n) is 5.82. The Kier molecular flexibility index (Phi) is 4.76. The number of nitrogens with zero attached hydrogens (tertiary/aromatic N) is 5. The summed E-state index contributed by atoms with van der Waals surface area (Å²) in [6, 6.07) is 3.90. The molecule has 0 spiro atoms. The highest BCUT2D eigenvalue weighted by molar-refractivity contribution is 6.38. The molecule has 2 aliphatic heterocycles. The van der Waals surface area contributed by atoms with Crippen molar-refractivity contribution in [3.05, 3.63) is 39.4 Å². The third-order valence-electron chi connectivity index (χ3n) is 7.38. The molecule has 34 heavy (non-hydrogen) atoms. The number of aromatic amines is 1. The van der Waals surface area contributed by atoms with Crippen LogP contribution in [0.15, 0.2) is 23.1 Å². The number of halogens is 3. The zero-order valence-electron chi connectivity index (χ0n) is 18.7. The fourth-order valence-corrected chi connectivity index (χ4v) is 6.18. The molecule has 6 rings (SSSR count). The molecule has 2 bridgehead atoms. The van der Waals surface area contributed by atoms with E-state index in [4.69, 9.17) is 22.3 Å². The fraction of sp³-hybridized carbons (Fsp3) is 0.435. The molecule has 0 amide bonds. The highest BCUT2D eigenvalue weighted by Crippen LogP contribution is 2.42. The molecule has 0 unspecified atom stereocenters. The van der Waals surface area contributed by atoms with Crippen molar-refractivity contribution >= 4 is 39.5 Å². The number of aromatic nitrogens is 5. The average molecular weight is 488 g/mol. The summed E-state index contributed by atoms with van der Waals surface area (Å²) in [5.74, 6) is 0.595. The van der Waals surface area contributed by atoms with Gasteiger partial charge in [0.25, 0.3) is 12.0 Å². The van der Waals surface area contributed by atoms with Gasteiger partial charge in [-0.15, -0.1) is 0 Å². The molecule has 2 aliphatic rings. The number of benzene rings is 1. The second kappa shape index (κ2) is 7.51. The first kappa shape index (κ1) is 21.5. The van der Waals surface area contributed by atoms with Gasteiger partial charge in [0.15, 0.2) is 0 Å². The number of rotatable bonds is 4. The molecule has 5 heterocycles. The van der Waals surface area contributed by atoms with Gasteiger partial charge in [-0.2, -0.15) is 10.1 Å². The summed E-state index contributed by atoms with van der Waals surface area (Å²) in [6.45, 7) is 2.04. The van der Waals surface area contributed by atoms with Crippen molar-refractivity contribution in [3.63, 3.8) is 0 Å². The Bertz CT molecular complexity index is 1510. The largest absolute Gasteiger partial charge is 0.345 e. The Labute approximate surface area is 198 Å². The number of hydrogen-bond donors (Lipinski definition) is 2. The Balaban J connectivity index is 1.54. The topological polar surface area (TPSA) is 97.8 Å². The van der Waals surface area contributed by atoms with Gasteiger partial charge in [0.1, 0.15) is 11.3 Å². The first-order valence-corrected chi connectivity index (χ1v) is 11.8. The van der Waals surface area contributed by atoms with E-state index in [-0.39, 0.29) is 39.8 Å². The molecule has 0 radical (unpaired) electrons. The Morgan fingerprint density at radius 3 is 2.71 bits per heavy atom. The Morgan fingerprint density at radius 2 is 2.06 bits per heavy atom. The molecule has 178 valence electrons. The van der Waals surface area contributed by atoms with Gasteiger partial charge in [0.05, 0.1) is 15.9 Å². The molecule has 3 atom stereocenters. The van der Waals surface area contributed by atoms with E-state index in [0.717, 1.165) is 19.3 Å². The molecular weight excluding hydrogens is 464 g/mol. The van der Waals surface area contributed by atoms with Gasteiger partial charge in [-0.25, -0.2) is 8.78 Å². The van der Waals surface area contributed by atoms with Crippen LogP contribution in [0.3, 0.4) is 0 Å². The molecule has 3 aromatic heterocycles. The highest BCUT2D eigenvalue weighted by atomic mass is 35.5. The number of alkyl halides is 2. The smallest absolute Gasteiger partial charge is 0.280 e. The average Bonchev–Trinajstić information content (AvgIpc) is 3.56. The van der Waals surface area contributed by atoms with Crippen LogP contribution in [0.1, 0.15) is 38.3 Å². The minimum Gasteiger partial charge on any atom is -0.345 e. The predicted molar refractivity (Wildman–Crippen MR) is 128 cm³/mol. The zero-order valence-corrected chi connectivity index (χ0v) is 19.5. The molecule has 11 heteroatoms. The minimum atomic E-state index is -2.74. The van der Waals surface area contributed by atoms with Crippen molar-refractivity contribution in [2.24, 2.45) is 12.8 Å². The lowest BCUT2D eigenvalue weighted by Gasteiger charge is -2.25. The van der Waals surface area contributed by atoms with Gasteiger partial charge >= 0.3 is 0 Å². The van der Waals surface area contributed by atoms with Crippen LogP contribution in [0.4, 0.5) is 14.7 Å². The van der Waals surface area contributed by atoms with E-state index in [1.54, 1.807) is 36.9 Å². The standard InChI is InChI=1S/C23H24ClF2N7O/c1-3-32-19(20(25)26)17-14(30-32)6-5-11(18(17)24)12-9-28-21-16(12)22(34)31(2)23(29-21)33-10-4-7-15(33)13(27)8-10/h5-6,9-10,13,15,20,28H,3-4,7-8,27H2,1-2H3/t10-,13+,15+/m0/s1. The Morgan fingerprint density at radius 1 is 1.26 bits per heavy atom. The van der Waals surface area contributed by atoms with Gasteiger partial charge in [-0.3, -0.25) is 14.0 Å². The number of anilines is 1. The third-order valence-corrected chi connectivity index (χ3v) is 7.78. The van der Waals surface area contributed by atoms with Gasteiger partial charge in [0.2, 0.25) is 5.95 Å². The minimum absolute atomic E-state index is 0.0733. The number of H-pyrrole nitrogens is 1. The van der Waals surface area contributed by atoms with Crippen LogP contribution >= 0.6 is 11.6 Å². The molecule has 0 aliphatic carbocycles. The molecule has 3 N–H and O–H groups in total. The second-order valence-corrected chi connectivity index (χ2v) is 9.51. The number of fused-ring (bicyclic) bond motifs is 4. The number of nitrogens with two attached hydrogens (primary N) is 1. The lowest BCUT2D eigenvalue weighted by atomic mass is 9.97. The van der Waals surface area contributed by atoms with E-state index in [1.165, 1.54) is 4.68 Å². The van der Waals surface area contributed by atoms with E-state index in [0.29, 0.717) is 40.2 Å². The van der Waals surface area contributed by atoms with Crippen LogP contribution in [0.2, 0.25) is 5.02 Å². The Hall–Kier alpha value is -2.98. The van der Waals surface area contributed by atoms with E-state index in [9.17, 15) is 13.6 Å². The van der Waals surface area contributed by atoms with Crippen molar-refractivity contribution in [2.75, 3.05) is 4.90 Å². The van der Waals surface area contributed by atoms with E-state index in [2.05, 4.69) is 15.0 Å². The maximum absolute atomic E-state index is 13.9. The maximum Gasteiger partial charge on any atom is 0.280 e. The van der Waals surface area contributed by atoms with Gasteiger partial charge in [-0.1, -0.05) is 17.7 Å². The van der Waals surface area contributed by atoms with Crippen LogP contribution in [0.5, 0.6) is 0 Å². The van der Waals surface area contributed by atoms with Crippen molar-refractivity contribution in [3.8, 4) is 11.1 Å². The van der Waals surface area contributed by atoms with E-state index < -0.39 is 6.43 Å². The van der Waals surface area contributed by atoms with Crippen LogP contribution in [0.25, 0.3) is 33.1 Å². The molecule has 1 aromatic carbocycles. The SMILES string of the molecule is CCn1nc2ccc(-c3c[nH]c4nc(N5[C@H]6CC[C@@H]5[C@H](N)C6)n(C)c(=O)c34)c(Cl)c2c1C(F)F. The van der Waals surface area contributed by atoms with Crippen LogP contribution in [-0.4, -0.2) is 42.4 Å². The van der Waals surface area contributed by atoms with Crippen LogP contribution < -0.4 is 16.2 Å². The van der Waals surface area contributed by atoms with Gasteiger partial charge in [-0.05, 0) is 32.3 Å². The predicted octanol–water partition coefficient (Wildman–Crippen LogP) is 3.96. The van der Waals surface area contributed by atoms with Crippen molar-refractivity contribution < 1.29 is 8.78 Å². The van der Waals surface area contributed by atoms with Crippen molar-refractivity contribution in [2.45, 2.75) is 57.3 Å². The van der Waals surface area contributed by atoms with E-state index in [1.807, 2.05) is 0 Å².